The Morgan fingerprint density at radius 2 is 1.92 bits per heavy atom. The Bertz CT molecular complexity index is 1340. The molecule has 2 amide bonds. The number of carbonyl (C=O) groups excluding carboxylic acids is 3. The van der Waals surface area contributed by atoms with Gasteiger partial charge < -0.3 is 15.0 Å². The van der Waals surface area contributed by atoms with Gasteiger partial charge in [-0.25, -0.2) is 9.48 Å². The highest BCUT2D eigenvalue weighted by molar-refractivity contribution is 7.18. The second-order valence-electron chi connectivity index (χ2n) is 8.21. The molecule has 192 valence electrons. The zero-order valence-corrected chi connectivity index (χ0v) is 21.6. The monoisotopic (exact) mass is 517 g/mol. The Hall–Kier alpha value is -4.07. The molecule has 0 spiro atoms. The molecule has 3 aromatic heterocycles. The average Bonchev–Trinajstić information content (AvgIpc) is 3.48. The van der Waals surface area contributed by atoms with Crippen molar-refractivity contribution >= 4 is 39.8 Å². The first-order valence-electron chi connectivity index (χ1n) is 11.0. The minimum absolute atomic E-state index is 0.0467. The van der Waals surface area contributed by atoms with Crippen LogP contribution in [0.25, 0.3) is 0 Å². The number of carbonyl (C=O) groups is 3. The fourth-order valence-corrected chi connectivity index (χ4v) is 4.69. The largest absolute Gasteiger partial charge is 0.462 e. The van der Waals surface area contributed by atoms with E-state index in [4.69, 9.17) is 4.74 Å². The number of esters is 1. The summed E-state index contributed by atoms with van der Waals surface area (Å²) >= 11 is 0.989. The summed E-state index contributed by atoms with van der Waals surface area (Å²) in [5.74, 6) is -1.52. The smallest absolute Gasteiger partial charge is 0.341 e. The number of rotatable bonds is 9. The van der Waals surface area contributed by atoms with Crippen molar-refractivity contribution in [3.8, 4) is 0 Å². The number of nitrogens with one attached hydrogen (secondary N) is 1. The number of aromatic nitrogens is 4. The third-order valence-electron chi connectivity index (χ3n) is 5.29. The lowest BCUT2D eigenvalue weighted by molar-refractivity contribution is -0.386. The van der Waals surface area contributed by atoms with E-state index in [2.05, 4.69) is 15.5 Å². The van der Waals surface area contributed by atoms with Crippen molar-refractivity contribution in [2.75, 3.05) is 26.0 Å². The van der Waals surface area contributed by atoms with E-state index in [1.54, 1.807) is 34.9 Å². The number of thiophene rings is 1. The van der Waals surface area contributed by atoms with Crippen LogP contribution in [0, 0.1) is 30.9 Å². The van der Waals surface area contributed by atoms with Crippen molar-refractivity contribution in [1.29, 1.82) is 0 Å². The molecule has 0 aromatic carbocycles. The van der Waals surface area contributed by atoms with Gasteiger partial charge in [-0.2, -0.15) is 10.2 Å². The van der Waals surface area contributed by atoms with Crippen molar-refractivity contribution in [3.05, 3.63) is 55.5 Å². The van der Waals surface area contributed by atoms with Gasteiger partial charge in [0.25, 0.3) is 11.8 Å². The minimum Gasteiger partial charge on any atom is -0.462 e. The molecule has 0 unspecified atom stereocenters. The van der Waals surface area contributed by atoms with Crippen LogP contribution in [0.2, 0.25) is 0 Å². The molecular weight excluding hydrogens is 490 g/mol. The second kappa shape index (κ2) is 10.7. The standard InChI is InChI=1S/C22H27N7O6S/c1-7-10-35-22(32)16-12(2)18(21(31)26(5)6)36-20(16)23-19(30)15-8-9-27(25-15)11-28-14(4)17(29(33)34)13(3)24-28/h8-9H,7,10-11H2,1-6H3,(H,23,30). The van der Waals surface area contributed by atoms with Crippen LogP contribution in [0.5, 0.6) is 0 Å². The number of hydrogen-bond acceptors (Lipinski definition) is 9. The molecule has 1 N–H and O–H groups in total. The maximum atomic E-state index is 13.0. The Balaban J connectivity index is 1.86. The van der Waals surface area contributed by atoms with E-state index in [0.717, 1.165) is 11.3 Å². The second-order valence-corrected chi connectivity index (χ2v) is 9.23. The molecule has 0 aliphatic heterocycles. The molecule has 0 fully saturated rings. The molecular formula is C22H27N7O6S. The van der Waals surface area contributed by atoms with Crippen molar-refractivity contribution in [2.45, 2.75) is 40.8 Å². The molecule has 13 nitrogen and oxygen atoms in total. The van der Waals surface area contributed by atoms with Crippen LogP contribution in [-0.2, 0) is 11.4 Å². The van der Waals surface area contributed by atoms with Crippen LogP contribution in [0.3, 0.4) is 0 Å². The fourth-order valence-electron chi connectivity index (χ4n) is 3.48. The molecule has 0 bridgehead atoms. The predicted molar refractivity (Wildman–Crippen MR) is 132 cm³/mol. The van der Waals surface area contributed by atoms with Crippen molar-refractivity contribution < 1.29 is 24.0 Å². The highest BCUT2D eigenvalue weighted by atomic mass is 32.1. The van der Waals surface area contributed by atoms with Gasteiger partial charge in [0.2, 0.25) is 0 Å². The number of hydrogen-bond donors (Lipinski definition) is 1. The lowest BCUT2D eigenvalue weighted by Gasteiger charge is -2.09. The first-order chi connectivity index (χ1) is 17.0. The molecule has 0 radical (unpaired) electrons. The summed E-state index contributed by atoms with van der Waals surface area (Å²) < 4.78 is 8.10. The molecule has 0 aliphatic carbocycles. The van der Waals surface area contributed by atoms with Crippen LogP contribution in [0.1, 0.15) is 60.8 Å². The molecule has 3 heterocycles. The normalized spacial score (nSPS) is 10.8. The summed E-state index contributed by atoms with van der Waals surface area (Å²) in [7, 11) is 3.19. The lowest BCUT2D eigenvalue weighted by Crippen LogP contribution is -2.21. The van der Waals surface area contributed by atoms with Gasteiger partial charge in [-0.05, 0) is 38.8 Å². The number of amides is 2. The average molecular weight is 518 g/mol. The van der Waals surface area contributed by atoms with E-state index in [-0.39, 0.29) is 46.8 Å². The number of nitro groups is 1. The van der Waals surface area contributed by atoms with E-state index in [1.807, 2.05) is 6.92 Å². The van der Waals surface area contributed by atoms with Crippen LogP contribution < -0.4 is 5.32 Å². The van der Waals surface area contributed by atoms with Gasteiger partial charge in [0, 0.05) is 20.3 Å². The zero-order valence-electron chi connectivity index (χ0n) is 20.8. The highest BCUT2D eigenvalue weighted by Crippen LogP contribution is 2.34. The van der Waals surface area contributed by atoms with Gasteiger partial charge in [0.1, 0.15) is 23.1 Å². The number of anilines is 1. The Kier molecular flexibility index (Phi) is 7.87. The summed E-state index contributed by atoms with van der Waals surface area (Å²) in [5, 5.41) is 22.5. The first-order valence-corrected chi connectivity index (χ1v) is 11.8. The predicted octanol–water partition coefficient (Wildman–Crippen LogP) is 3.00. The number of ether oxygens (including phenoxy) is 1. The number of nitrogens with zero attached hydrogens (tertiary/aromatic N) is 6. The maximum Gasteiger partial charge on any atom is 0.341 e. The third kappa shape index (κ3) is 5.27. The highest BCUT2D eigenvalue weighted by Gasteiger charge is 2.28. The van der Waals surface area contributed by atoms with Crippen LogP contribution in [-0.4, -0.2) is 67.9 Å². The van der Waals surface area contributed by atoms with Gasteiger partial charge >= 0.3 is 11.7 Å². The van der Waals surface area contributed by atoms with Gasteiger partial charge in [-0.3, -0.25) is 24.4 Å². The molecule has 0 saturated heterocycles. The van der Waals surface area contributed by atoms with E-state index in [0.29, 0.717) is 22.6 Å². The SMILES string of the molecule is CCCOC(=O)c1c(NC(=O)c2ccn(Cn3nc(C)c([N+](=O)[O-])c3C)n2)sc(C(=O)N(C)C)c1C. The molecule has 0 atom stereocenters. The van der Waals surface area contributed by atoms with E-state index >= 15 is 0 Å². The summed E-state index contributed by atoms with van der Waals surface area (Å²) in [6.45, 7) is 6.88. The Labute approximate surface area is 210 Å². The van der Waals surface area contributed by atoms with Crippen molar-refractivity contribution in [1.82, 2.24) is 24.5 Å². The van der Waals surface area contributed by atoms with E-state index in [1.165, 1.54) is 26.5 Å². The van der Waals surface area contributed by atoms with Crippen molar-refractivity contribution in [2.24, 2.45) is 0 Å². The van der Waals surface area contributed by atoms with Gasteiger partial charge in [0.05, 0.1) is 22.0 Å². The zero-order chi connectivity index (χ0) is 26.7. The van der Waals surface area contributed by atoms with Crippen LogP contribution in [0.15, 0.2) is 12.3 Å². The van der Waals surface area contributed by atoms with Gasteiger partial charge in [-0.15, -0.1) is 11.3 Å². The van der Waals surface area contributed by atoms with Crippen molar-refractivity contribution in [3.63, 3.8) is 0 Å². The molecule has 14 heteroatoms. The van der Waals surface area contributed by atoms with Gasteiger partial charge in [-0.1, -0.05) is 6.92 Å². The maximum absolute atomic E-state index is 13.0. The fraction of sp³-hybridized carbons (Fsp3) is 0.409. The van der Waals surface area contributed by atoms with E-state index < -0.39 is 16.8 Å². The van der Waals surface area contributed by atoms with Crippen LogP contribution >= 0.6 is 11.3 Å². The first kappa shape index (κ1) is 26.5. The minimum atomic E-state index is -0.629. The van der Waals surface area contributed by atoms with E-state index in [9.17, 15) is 24.5 Å². The summed E-state index contributed by atoms with van der Waals surface area (Å²) in [4.78, 5) is 50.7. The van der Waals surface area contributed by atoms with Gasteiger partial charge in [0.15, 0.2) is 5.69 Å². The molecule has 36 heavy (non-hydrogen) atoms. The summed E-state index contributed by atoms with van der Waals surface area (Å²) in [6.07, 6.45) is 2.16. The molecule has 0 aliphatic rings. The van der Waals surface area contributed by atoms with Crippen LogP contribution in [0.4, 0.5) is 10.7 Å². The molecule has 3 aromatic rings. The quantitative estimate of drug-likeness (QED) is 0.258. The third-order valence-corrected chi connectivity index (χ3v) is 6.49. The summed E-state index contributed by atoms with van der Waals surface area (Å²) in [6, 6.07) is 1.47. The Morgan fingerprint density at radius 3 is 2.50 bits per heavy atom. The topological polar surface area (TPSA) is 154 Å². The number of aryl methyl sites for hydroxylation is 1. The molecule has 3 rings (SSSR count). The summed E-state index contributed by atoms with van der Waals surface area (Å²) in [5.41, 5.74) is 1.17. The molecule has 0 saturated carbocycles. The lowest BCUT2D eigenvalue weighted by atomic mass is 10.1. The Morgan fingerprint density at radius 1 is 1.22 bits per heavy atom.